The van der Waals surface area contributed by atoms with E-state index in [0.29, 0.717) is 31.1 Å². The number of hydrogen-bond donors (Lipinski definition) is 0. The van der Waals surface area contributed by atoms with E-state index in [1.165, 1.54) is 11.3 Å². The maximum Gasteiger partial charge on any atom is 0.282 e. The standard InChI is InChI=1S/C24H25N5O2S/c1-17-2-3-19(15-26-17)18-4-6-20(7-5-18)29-16-21(14-22(29)30)27-9-11-28(12-10-27)24(31)23-25-8-13-32-23/h2-8,13,15,21H,9-12,14,16H2,1H3. The van der Waals surface area contributed by atoms with Gasteiger partial charge in [-0.2, -0.15) is 0 Å². The second-order valence-corrected chi connectivity index (χ2v) is 9.16. The van der Waals surface area contributed by atoms with Crippen LogP contribution in [0.3, 0.4) is 0 Å². The predicted octanol–water partition coefficient (Wildman–Crippen LogP) is 3.08. The molecule has 3 aromatic rings. The van der Waals surface area contributed by atoms with Gasteiger partial charge >= 0.3 is 0 Å². The van der Waals surface area contributed by atoms with Gasteiger partial charge in [0, 0.05) is 79.9 Å². The molecule has 8 heteroatoms. The number of rotatable bonds is 4. The zero-order chi connectivity index (χ0) is 22.1. The van der Waals surface area contributed by atoms with E-state index in [0.717, 1.165) is 35.6 Å². The second-order valence-electron chi connectivity index (χ2n) is 8.26. The van der Waals surface area contributed by atoms with Gasteiger partial charge in [-0.3, -0.25) is 19.5 Å². The van der Waals surface area contributed by atoms with Crippen molar-refractivity contribution in [2.75, 3.05) is 37.6 Å². The zero-order valence-corrected chi connectivity index (χ0v) is 18.8. The molecule has 2 aromatic heterocycles. The molecule has 0 spiro atoms. The normalized spacial score (nSPS) is 19.5. The summed E-state index contributed by atoms with van der Waals surface area (Å²) in [6.07, 6.45) is 4.06. The van der Waals surface area contributed by atoms with Crippen LogP contribution < -0.4 is 4.90 Å². The first-order chi connectivity index (χ1) is 15.6. The van der Waals surface area contributed by atoms with E-state index < -0.39 is 0 Å². The Hall–Kier alpha value is -3.10. The number of benzene rings is 1. The molecule has 164 valence electrons. The predicted molar refractivity (Wildman–Crippen MR) is 125 cm³/mol. The number of hydrogen-bond acceptors (Lipinski definition) is 6. The molecule has 2 saturated heterocycles. The lowest BCUT2D eigenvalue weighted by Crippen LogP contribution is -2.52. The molecule has 0 bridgehead atoms. The lowest BCUT2D eigenvalue weighted by Gasteiger charge is -2.37. The van der Waals surface area contributed by atoms with E-state index in [9.17, 15) is 9.59 Å². The summed E-state index contributed by atoms with van der Waals surface area (Å²) in [5.74, 6) is 0.161. The third kappa shape index (κ3) is 4.16. The third-order valence-electron chi connectivity index (χ3n) is 6.26. The molecule has 2 amide bonds. The van der Waals surface area contributed by atoms with Crippen LogP contribution >= 0.6 is 11.3 Å². The van der Waals surface area contributed by atoms with Gasteiger partial charge in [-0.25, -0.2) is 4.98 Å². The van der Waals surface area contributed by atoms with Crippen LogP contribution in [-0.4, -0.2) is 70.3 Å². The van der Waals surface area contributed by atoms with Crippen LogP contribution in [0.4, 0.5) is 5.69 Å². The van der Waals surface area contributed by atoms with Gasteiger partial charge in [-0.1, -0.05) is 18.2 Å². The summed E-state index contributed by atoms with van der Waals surface area (Å²) in [5, 5.41) is 2.37. The topological polar surface area (TPSA) is 69.6 Å². The Labute approximate surface area is 191 Å². The van der Waals surface area contributed by atoms with Crippen LogP contribution in [0.2, 0.25) is 0 Å². The Morgan fingerprint density at radius 2 is 1.75 bits per heavy atom. The fraction of sp³-hybridized carbons (Fsp3) is 0.333. The second kappa shape index (κ2) is 8.80. The summed E-state index contributed by atoms with van der Waals surface area (Å²) in [5.41, 5.74) is 4.08. The van der Waals surface area contributed by atoms with E-state index in [1.54, 1.807) is 6.20 Å². The van der Waals surface area contributed by atoms with Crippen LogP contribution in [0.25, 0.3) is 11.1 Å². The molecule has 0 radical (unpaired) electrons. The molecule has 0 saturated carbocycles. The fourth-order valence-corrected chi connectivity index (χ4v) is 5.01. The number of aryl methyl sites for hydroxylation is 1. The Kier molecular flexibility index (Phi) is 5.71. The van der Waals surface area contributed by atoms with Crippen LogP contribution in [0.5, 0.6) is 0 Å². The summed E-state index contributed by atoms with van der Waals surface area (Å²) in [4.78, 5) is 39.9. The van der Waals surface area contributed by atoms with Gasteiger partial charge in [0.05, 0.1) is 0 Å². The first-order valence-corrected chi connectivity index (χ1v) is 11.7. The maximum absolute atomic E-state index is 12.8. The van der Waals surface area contributed by atoms with Crippen molar-refractivity contribution in [3.63, 3.8) is 0 Å². The summed E-state index contributed by atoms with van der Waals surface area (Å²) < 4.78 is 0. The van der Waals surface area contributed by atoms with Crippen molar-refractivity contribution in [3.05, 3.63) is 64.9 Å². The minimum atomic E-state index is 0.00708. The highest BCUT2D eigenvalue weighted by Gasteiger charge is 2.36. The van der Waals surface area contributed by atoms with Crippen LogP contribution in [-0.2, 0) is 4.79 Å². The number of anilines is 1. The van der Waals surface area contributed by atoms with Crippen LogP contribution in [0.15, 0.2) is 54.2 Å². The maximum atomic E-state index is 12.8. The Bertz CT molecular complexity index is 1090. The smallest absolute Gasteiger partial charge is 0.282 e. The Morgan fingerprint density at radius 3 is 2.41 bits per heavy atom. The largest absolute Gasteiger partial charge is 0.334 e. The minimum Gasteiger partial charge on any atom is -0.334 e. The lowest BCUT2D eigenvalue weighted by molar-refractivity contribution is -0.117. The number of pyridine rings is 1. The molecule has 0 aliphatic carbocycles. The van der Waals surface area contributed by atoms with Crippen molar-refractivity contribution in [2.24, 2.45) is 0 Å². The molecule has 1 atom stereocenters. The van der Waals surface area contributed by atoms with Crippen LogP contribution in [0, 0.1) is 6.92 Å². The third-order valence-corrected chi connectivity index (χ3v) is 7.02. The fourth-order valence-electron chi connectivity index (χ4n) is 4.41. The van der Waals surface area contributed by atoms with Gasteiger partial charge in [0.15, 0.2) is 5.01 Å². The van der Waals surface area contributed by atoms with Gasteiger partial charge in [-0.15, -0.1) is 11.3 Å². The van der Waals surface area contributed by atoms with Crippen molar-refractivity contribution >= 4 is 28.8 Å². The van der Waals surface area contributed by atoms with Gasteiger partial charge < -0.3 is 9.80 Å². The zero-order valence-electron chi connectivity index (χ0n) is 18.0. The number of aromatic nitrogens is 2. The number of thiazole rings is 1. The van der Waals surface area contributed by atoms with Gasteiger partial charge in [0.2, 0.25) is 5.91 Å². The molecule has 4 heterocycles. The molecule has 7 nitrogen and oxygen atoms in total. The molecule has 0 N–H and O–H groups in total. The summed E-state index contributed by atoms with van der Waals surface area (Å²) in [7, 11) is 0. The summed E-state index contributed by atoms with van der Waals surface area (Å²) >= 11 is 1.38. The number of carbonyl (C=O) groups excluding carboxylic acids is 2. The van der Waals surface area contributed by atoms with Crippen molar-refractivity contribution in [3.8, 4) is 11.1 Å². The molecule has 2 aliphatic heterocycles. The lowest BCUT2D eigenvalue weighted by atomic mass is 10.1. The average Bonchev–Trinajstić information content (AvgIpc) is 3.50. The van der Waals surface area contributed by atoms with E-state index in [1.807, 2.05) is 58.6 Å². The highest BCUT2D eigenvalue weighted by Crippen LogP contribution is 2.28. The van der Waals surface area contributed by atoms with E-state index in [-0.39, 0.29) is 17.9 Å². The van der Waals surface area contributed by atoms with Crippen molar-refractivity contribution in [2.45, 2.75) is 19.4 Å². The quantitative estimate of drug-likeness (QED) is 0.615. The molecule has 2 aliphatic rings. The van der Waals surface area contributed by atoms with Gasteiger partial charge in [-0.05, 0) is 30.7 Å². The first-order valence-electron chi connectivity index (χ1n) is 10.8. The molecule has 5 rings (SSSR count). The van der Waals surface area contributed by atoms with Gasteiger partial charge in [0.25, 0.3) is 5.91 Å². The van der Waals surface area contributed by atoms with E-state index >= 15 is 0 Å². The number of piperazine rings is 1. The monoisotopic (exact) mass is 447 g/mol. The highest BCUT2D eigenvalue weighted by atomic mass is 32.1. The van der Waals surface area contributed by atoms with Crippen LogP contribution in [0.1, 0.15) is 21.9 Å². The molecule has 1 aromatic carbocycles. The summed E-state index contributed by atoms with van der Waals surface area (Å²) in [6, 6.07) is 12.4. The Balaban J connectivity index is 1.20. The number of amides is 2. The first kappa shape index (κ1) is 20.8. The highest BCUT2D eigenvalue weighted by molar-refractivity contribution is 7.11. The molecule has 32 heavy (non-hydrogen) atoms. The number of nitrogens with zero attached hydrogens (tertiary/aromatic N) is 5. The van der Waals surface area contributed by atoms with Gasteiger partial charge in [0.1, 0.15) is 0 Å². The van der Waals surface area contributed by atoms with Crippen molar-refractivity contribution < 1.29 is 9.59 Å². The minimum absolute atomic E-state index is 0.00708. The Morgan fingerprint density at radius 1 is 1.00 bits per heavy atom. The summed E-state index contributed by atoms with van der Waals surface area (Å²) in [6.45, 7) is 5.56. The molecule has 1 unspecified atom stereocenters. The SMILES string of the molecule is Cc1ccc(-c2ccc(N3CC(N4CCN(C(=O)c5nccs5)CC4)CC3=O)cc2)cn1. The molecule has 2 fully saturated rings. The van der Waals surface area contributed by atoms with Crippen molar-refractivity contribution in [1.29, 1.82) is 0 Å². The average molecular weight is 448 g/mol. The molecular formula is C24H25N5O2S. The molecular weight excluding hydrogens is 422 g/mol. The van der Waals surface area contributed by atoms with E-state index in [4.69, 9.17) is 0 Å². The van der Waals surface area contributed by atoms with Crippen molar-refractivity contribution in [1.82, 2.24) is 19.8 Å². The number of carbonyl (C=O) groups is 2. The van der Waals surface area contributed by atoms with E-state index in [2.05, 4.69) is 20.9 Å².